The van der Waals surface area contributed by atoms with E-state index in [1.807, 2.05) is 42.1 Å². The van der Waals surface area contributed by atoms with Gasteiger partial charge in [-0.3, -0.25) is 9.88 Å². The minimum Gasteiger partial charge on any atom is -0.378 e. The van der Waals surface area contributed by atoms with Gasteiger partial charge in [-0.05, 0) is 61.0 Å². The molecule has 1 aliphatic heterocycles. The molecule has 0 N–H and O–H groups in total. The second-order valence-electron chi connectivity index (χ2n) is 8.47. The van der Waals surface area contributed by atoms with Crippen molar-refractivity contribution in [2.75, 3.05) is 37.1 Å². The molecule has 2 heterocycles. The second-order valence-corrected chi connectivity index (χ2v) is 10.4. The van der Waals surface area contributed by atoms with Crippen molar-refractivity contribution in [3.05, 3.63) is 60.3 Å². The molecule has 0 amide bonds. The molecule has 2 aromatic carbocycles. The smallest absolute Gasteiger partial charge is 0.378 e. The van der Waals surface area contributed by atoms with Crippen LogP contribution in [-0.2, 0) is 16.4 Å². The molecule has 1 aromatic heterocycles. The normalized spacial score (nSPS) is 17.6. The van der Waals surface area contributed by atoms with E-state index in [9.17, 15) is 21.6 Å². The van der Waals surface area contributed by atoms with Crippen molar-refractivity contribution >= 4 is 32.1 Å². The number of pyridine rings is 1. The van der Waals surface area contributed by atoms with Gasteiger partial charge in [-0.2, -0.15) is 13.2 Å². The Morgan fingerprint density at radius 3 is 2.42 bits per heavy atom. The Labute approximate surface area is 191 Å². The minimum absolute atomic E-state index is 0.198. The molecule has 0 aliphatic carbocycles. The molecule has 1 aliphatic rings. The van der Waals surface area contributed by atoms with Gasteiger partial charge in [-0.1, -0.05) is 0 Å². The number of aromatic nitrogens is 1. The molecule has 1 saturated heterocycles. The van der Waals surface area contributed by atoms with Crippen LogP contribution in [0.3, 0.4) is 0 Å². The van der Waals surface area contributed by atoms with E-state index < -0.39 is 20.2 Å². The lowest BCUT2D eigenvalue weighted by atomic mass is 10.1. The van der Waals surface area contributed by atoms with Gasteiger partial charge in [-0.15, -0.1) is 0 Å². The maximum Gasteiger partial charge on any atom is 0.501 e. The lowest BCUT2D eigenvalue weighted by Crippen LogP contribution is -2.28. The van der Waals surface area contributed by atoms with Crippen LogP contribution < -0.4 is 9.80 Å². The summed E-state index contributed by atoms with van der Waals surface area (Å²) in [7, 11) is -1.37. The molecule has 3 aromatic rings. The first kappa shape index (κ1) is 23.3. The number of nitrogens with zero attached hydrogens (tertiary/aromatic N) is 4. The monoisotopic (exact) mass is 478 g/mol. The summed E-state index contributed by atoms with van der Waals surface area (Å²) >= 11 is 0. The van der Waals surface area contributed by atoms with E-state index in [-0.39, 0.29) is 6.04 Å². The van der Waals surface area contributed by atoms with Crippen molar-refractivity contribution in [1.29, 1.82) is 0 Å². The Hall–Kier alpha value is -2.85. The number of sulfone groups is 1. The Morgan fingerprint density at radius 2 is 1.79 bits per heavy atom. The lowest BCUT2D eigenvalue weighted by Gasteiger charge is -2.22. The Bertz CT molecular complexity index is 1260. The molecule has 0 spiro atoms. The third-order valence-electron chi connectivity index (χ3n) is 5.98. The Morgan fingerprint density at radius 1 is 1.09 bits per heavy atom. The van der Waals surface area contributed by atoms with Gasteiger partial charge < -0.3 is 9.80 Å². The molecule has 1 fully saturated rings. The third-order valence-corrected chi connectivity index (χ3v) is 7.48. The third kappa shape index (κ3) is 4.49. The van der Waals surface area contributed by atoms with E-state index in [1.165, 1.54) is 12.1 Å². The summed E-state index contributed by atoms with van der Waals surface area (Å²) in [6, 6.07) is 13.3. The fourth-order valence-corrected chi connectivity index (χ4v) is 4.80. The largest absolute Gasteiger partial charge is 0.501 e. The Kier molecular flexibility index (Phi) is 6.00. The summed E-state index contributed by atoms with van der Waals surface area (Å²) in [5.74, 6) is 0. The fraction of sp³-hybridized carbons (Fsp3) is 0.348. The predicted molar refractivity (Wildman–Crippen MR) is 123 cm³/mol. The fourth-order valence-electron chi connectivity index (χ4n) is 4.04. The van der Waals surface area contributed by atoms with Crippen molar-refractivity contribution < 1.29 is 21.6 Å². The summed E-state index contributed by atoms with van der Waals surface area (Å²) < 4.78 is 61.6. The van der Waals surface area contributed by atoms with Crippen molar-refractivity contribution in [3.63, 3.8) is 0 Å². The van der Waals surface area contributed by atoms with Gasteiger partial charge in [-0.25, -0.2) is 8.42 Å². The maximum atomic E-state index is 12.8. The molecule has 1 unspecified atom stereocenters. The van der Waals surface area contributed by atoms with Crippen LogP contribution >= 0.6 is 0 Å². The molecule has 4 rings (SSSR count). The number of halogens is 3. The molecule has 0 bridgehead atoms. The number of hydrogen-bond acceptors (Lipinski definition) is 6. The SMILES string of the molecule is CC1CN(c2ccc(S(=O)(=O)C(F)(F)F)cc2)CN1Cc1ccnc2ccc(N(C)C)cc12. The molecular formula is C23H25F3N4O2S. The van der Waals surface area contributed by atoms with Crippen LogP contribution in [0, 0.1) is 0 Å². The minimum atomic E-state index is -5.35. The first-order valence-corrected chi connectivity index (χ1v) is 11.9. The molecule has 0 saturated carbocycles. The second kappa shape index (κ2) is 8.49. The van der Waals surface area contributed by atoms with E-state index in [4.69, 9.17) is 0 Å². The standard InChI is InChI=1S/C23H25F3N4O2S/c1-16-13-30(18-4-7-20(8-5-18)33(31,32)23(24,25)26)15-29(16)14-17-10-11-27-22-9-6-19(28(2)3)12-21(17)22/h4-12,16H,13-15H2,1-3H3. The average molecular weight is 479 g/mol. The molecule has 1 atom stereocenters. The highest BCUT2D eigenvalue weighted by molar-refractivity contribution is 7.92. The number of anilines is 2. The Balaban J connectivity index is 1.54. The first-order valence-electron chi connectivity index (χ1n) is 10.4. The highest BCUT2D eigenvalue weighted by Gasteiger charge is 2.46. The van der Waals surface area contributed by atoms with Crippen LogP contribution in [0.5, 0.6) is 0 Å². The van der Waals surface area contributed by atoms with Crippen molar-refractivity contribution in [2.45, 2.75) is 29.9 Å². The zero-order chi connectivity index (χ0) is 24.0. The molecule has 6 nitrogen and oxygen atoms in total. The summed E-state index contributed by atoms with van der Waals surface area (Å²) in [6.45, 7) is 4.03. The number of alkyl halides is 3. The van der Waals surface area contributed by atoms with Crippen LogP contribution in [0.25, 0.3) is 10.9 Å². The van der Waals surface area contributed by atoms with E-state index in [0.717, 1.165) is 34.3 Å². The summed E-state index contributed by atoms with van der Waals surface area (Å²) in [5, 5.41) is 1.08. The van der Waals surface area contributed by atoms with Gasteiger partial charge in [0.05, 0.1) is 17.1 Å². The van der Waals surface area contributed by atoms with Gasteiger partial charge >= 0.3 is 5.51 Å². The molecule has 33 heavy (non-hydrogen) atoms. The molecule has 0 radical (unpaired) electrons. The van der Waals surface area contributed by atoms with Gasteiger partial charge in [0.1, 0.15) is 0 Å². The summed E-state index contributed by atoms with van der Waals surface area (Å²) in [5.41, 5.74) is -1.48. The van der Waals surface area contributed by atoms with Gasteiger partial charge in [0, 0.05) is 56.2 Å². The molecule has 10 heteroatoms. The quantitative estimate of drug-likeness (QED) is 0.546. The summed E-state index contributed by atoms with van der Waals surface area (Å²) in [6.07, 6.45) is 1.80. The molecule has 176 valence electrons. The van der Waals surface area contributed by atoms with E-state index in [2.05, 4.69) is 22.9 Å². The van der Waals surface area contributed by atoms with Crippen LogP contribution in [0.4, 0.5) is 24.5 Å². The zero-order valence-corrected chi connectivity index (χ0v) is 19.4. The zero-order valence-electron chi connectivity index (χ0n) is 18.5. The topological polar surface area (TPSA) is 56.8 Å². The van der Waals surface area contributed by atoms with E-state index in [0.29, 0.717) is 25.4 Å². The highest BCUT2D eigenvalue weighted by atomic mass is 32.2. The van der Waals surface area contributed by atoms with E-state index in [1.54, 1.807) is 6.20 Å². The van der Waals surface area contributed by atoms with Crippen LogP contribution in [0.2, 0.25) is 0 Å². The van der Waals surface area contributed by atoms with Crippen molar-refractivity contribution in [1.82, 2.24) is 9.88 Å². The number of rotatable bonds is 5. The van der Waals surface area contributed by atoms with Crippen molar-refractivity contribution in [3.8, 4) is 0 Å². The van der Waals surface area contributed by atoms with Crippen LogP contribution in [0.15, 0.2) is 59.6 Å². The number of fused-ring (bicyclic) bond motifs is 1. The van der Waals surface area contributed by atoms with Gasteiger partial charge in [0.2, 0.25) is 0 Å². The number of hydrogen-bond donors (Lipinski definition) is 0. The van der Waals surface area contributed by atoms with Crippen LogP contribution in [0.1, 0.15) is 12.5 Å². The highest BCUT2D eigenvalue weighted by Crippen LogP contribution is 2.32. The predicted octanol–water partition coefficient (Wildman–Crippen LogP) is 4.26. The summed E-state index contributed by atoms with van der Waals surface area (Å²) in [4.78, 5) is 10.1. The van der Waals surface area contributed by atoms with Gasteiger partial charge in [0.15, 0.2) is 0 Å². The molecular weight excluding hydrogens is 453 g/mol. The van der Waals surface area contributed by atoms with Gasteiger partial charge in [0.25, 0.3) is 9.84 Å². The number of benzene rings is 2. The maximum absolute atomic E-state index is 12.8. The van der Waals surface area contributed by atoms with Crippen molar-refractivity contribution in [2.24, 2.45) is 0 Å². The van der Waals surface area contributed by atoms with Crippen LogP contribution in [-0.4, -0.2) is 57.2 Å². The first-order chi connectivity index (χ1) is 15.5. The lowest BCUT2D eigenvalue weighted by molar-refractivity contribution is -0.0436. The van der Waals surface area contributed by atoms with E-state index >= 15 is 0 Å². The average Bonchev–Trinajstić information content (AvgIpc) is 3.13.